The Hall–Kier alpha value is -0.240. The van der Waals surface area contributed by atoms with Crippen LogP contribution in [0.15, 0.2) is 0 Å². The predicted octanol–water partition coefficient (Wildman–Crippen LogP) is -0.628. The first kappa shape index (κ1) is 19.8. The van der Waals surface area contributed by atoms with Crippen LogP contribution < -0.4 is 5.32 Å². The Balaban J connectivity index is 3.59. The van der Waals surface area contributed by atoms with Crippen molar-refractivity contribution < 1.29 is 25.5 Å². The van der Waals surface area contributed by atoms with Gasteiger partial charge in [0.15, 0.2) is 0 Å². The van der Waals surface area contributed by atoms with Gasteiger partial charge in [0.2, 0.25) is 0 Å². The Morgan fingerprint density at radius 3 is 1.95 bits per heavy atom. The largest absolute Gasteiger partial charge is 0.394 e. The predicted molar refractivity (Wildman–Crippen MR) is 77.4 cm³/mol. The van der Waals surface area contributed by atoms with Crippen molar-refractivity contribution in [3.63, 3.8) is 0 Å². The number of rotatable bonds is 13. The molecule has 0 radical (unpaired) electrons. The van der Waals surface area contributed by atoms with Crippen LogP contribution in [0.3, 0.4) is 0 Å². The molecule has 0 heterocycles. The summed E-state index contributed by atoms with van der Waals surface area (Å²) in [5.74, 6) is 0. The lowest BCUT2D eigenvalue weighted by Crippen LogP contribution is -2.49. The molecule has 0 spiro atoms. The van der Waals surface area contributed by atoms with E-state index in [1.807, 2.05) is 0 Å². The van der Waals surface area contributed by atoms with Gasteiger partial charge in [0.1, 0.15) is 18.3 Å². The van der Waals surface area contributed by atoms with Crippen molar-refractivity contribution in [2.75, 3.05) is 19.7 Å². The van der Waals surface area contributed by atoms with Gasteiger partial charge in [-0.2, -0.15) is 0 Å². The minimum atomic E-state index is -1.55. The van der Waals surface area contributed by atoms with Crippen LogP contribution in [0.25, 0.3) is 0 Å². The molecule has 6 nitrogen and oxygen atoms in total. The Kier molecular flexibility index (Phi) is 12.3. The van der Waals surface area contributed by atoms with E-state index in [0.29, 0.717) is 0 Å². The van der Waals surface area contributed by atoms with Gasteiger partial charge in [0.25, 0.3) is 0 Å². The monoisotopic (exact) mass is 293 g/mol. The highest BCUT2D eigenvalue weighted by atomic mass is 16.4. The molecule has 0 amide bonds. The van der Waals surface area contributed by atoms with Gasteiger partial charge in [-0.1, -0.05) is 39.0 Å². The van der Waals surface area contributed by atoms with E-state index in [0.717, 1.165) is 19.4 Å². The summed E-state index contributed by atoms with van der Waals surface area (Å²) in [5.41, 5.74) is 0. The van der Waals surface area contributed by atoms with E-state index in [-0.39, 0.29) is 6.54 Å². The third-order valence-electron chi connectivity index (χ3n) is 3.39. The summed E-state index contributed by atoms with van der Waals surface area (Å²) in [6.07, 6.45) is 1.45. The van der Waals surface area contributed by atoms with E-state index >= 15 is 0 Å². The summed E-state index contributed by atoms with van der Waals surface area (Å²) in [4.78, 5) is 0. The van der Waals surface area contributed by atoms with Crippen LogP contribution in [0.2, 0.25) is 0 Å². The van der Waals surface area contributed by atoms with Crippen LogP contribution in [0.5, 0.6) is 0 Å². The van der Waals surface area contributed by atoms with Crippen molar-refractivity contribution in [3.8, 4) is 0 Å². The van der Waals surface area contributed by atoms with Crippen molar-refractivity contribution in [2.24, 2.45) is 0 Å². The Labute approximate surface area is 121 Å². The highest BCUT2D eigenvalue weighted by Crippen LogP contribution is 2.06. The number of hydrogen-bond donors (Lipinski definition) is 6. The van der Waals surface area contributed by atoms with Gasteiger partial charge in [0.05, 0.1) is 12.7 Å². The average molecular weight is 293 g/mol. The molecule has 0 bridgehead atoms. The zero-order chi connectivity index (χ0) is 15.4. The Bertz CT molecular complexity index is 218. The zero-order valence-corrected chi connectivity index (χ0v) is 12.4. The minimum absolute atomic E-state index is 0.144. The summed E-state index contributed by atoms with van der Waals surface area (Å²) < 4.78 is 0. The Morgan fingerprint density at radius 1 is 0.800 bits per heavy atom. The second kappa shape index (κ2) is 12.5. The molecule has 0 saturated heterocycles. The van der Waals surface area contributed by atoms with Gasteiger partial charge in [-0.25, -0.2) is 0 Å². The molecule has 20 heavy (non-hydrogen) atoms. The van der Waals surface area contributed by atoms with E-state index in [2.05, 4.69) is 12.2 Å². The van der Waals surface area contributed by atoms with E-state index in [4.69, 9.17) is 10.2 Å². The maximum absolute atomic E-state index is 9.64. The van der Waals surface area contributed by atoms with Crippen LogP contribution >= 0.6 is 0 Å². The van der Waals surface area contributed by atoms with Crippen molar-refractivity contribution in [3.05, 3.63) is 0 Å². The summed E-state index contributed by atoms with van der Waals surface area (Å²) in [7, 11) is 0. The maximum Gasteiger partial charge on any atom is 0.111 e. The van der Waals surface area contributed by atoms with Gasteiger partial charge in [-0.05, 0) is 13.0 Å². The van der Waals surface area contributed by atoms with Crippen LogP contribution in [0, 0.1) is 0 Å². The molecule has 0 aromatic heterocycles. The standard InChI is InChI=1S/C14H31NO5/c1-2-3-4-5-6-7-8-15-9-11(17)13(19)14(20)12(18)10-16/h11-20H,2-10H2,1H3/t11-,12+,13+,14+/m1/s1. The highest BCUT2D eigenvalue weighted by Gasteiger charge is 2.29. The third-order valence-corrected chi connectivity index (χ3v) is 3.39. The van der Waals surface area contributed by atoms with Crippen molar-refractivity contribution in [1.82, 2.24) is 5.32 Å². The average Bonchev–Trinajstić information content (AvgIpc) is 2.47. The fourth-order valence-corrected chi connectivity index (χ4v) is 1.96. The zero-order valence-electron chi connectivity index (χ0n) is 12.4. The van der Waals surface area contributed by atoms with Crippen LogP contribution in [-0.4, -0.2) is 69.6 Å². The SMILES string of the molecule is CCCCCCCCNC[C@@H](O)[C@H](O)[C@@H](O)[C@@H](O)CO. The van der Waals surface area contributed by atoms with Crippen LogP contribution in [-0.2, 0) is 0 Å². The smallest absolute Gasteiger partial charge is 0.111 e. The summed E-state index contributed by atoms with van der Waals surface area (Å²) in [6.45, 7) is 2.41. The molecule has 0 saturated carbocycles. The minimum Gasteiger partial charge on any atom is -0.394 e. The van der Waals surface area contributed by atoms with E-state index < -0.39 is 31.0 Å². The Morgan fingerprint density at radius 2 is 1.35 bits per heavy atom. The topological polar surface area (TPSA) is 113 Å². The fraction of sp³-hybridized carbons (Fsp3) is 1.00. The molecule has 122 valence electrons. The number of aliphatic hydroxyl groups is 5. The van der Waals surface area contributed by atoms with Crippen molar-refractivity contribution in [1.29, 1.82) is 0 Å². The first-order valence-corrected chi connectivity index (χ1v) is 7.58. The van der Waals surface area contributed by atoms with Gasteiger partial charge in [0, 0.05) is 6.54 Å². The van der Waals surface area contributed by atoms with Crippen molar-refractivity contribution >= 4 is 0 Å². The normalized spacial score (nSPS) is 17.7. The summed E-state index contributed by atoms with van der Waals surface area (Å²) in [5, 5.41) is 49.5. The molecular formula is C14H31NO5. The number of nitrogens with one attached hydrogen (secondary N) is 1. The van der Waals surface area contributed by atoms with E-state index in [1.165, 1.54) is 25.7 Å². The quantitative estimate of drug-likeness (QED) is 0.252. The molecule has 6 N–H and O–H groups in total. The van der Waals surface area contributed by atoms with Crippen LogP contribution in [0.1, 0.15) is 45.4 Å². The molecule has 0 rings (SSSR count). The lowest BCUT2D eigenvalue weighted by atomic mass is 10.0. The third kappa shape index (κ3) is 8.84. The molecule has 0 aliphatic rings. The second-order valence-corrected chi connectivity index (χ2v) is 5.27. The first-order chi connectivity index (χ1) is 9.54. The molecule has 0 unspecified atom stereocenters. The van der Waals surface area contributed by atoms with Crippen LogP contribution in [0.4, 0.5) is 0 Å². The van der Waals surface area contributed by atoms with E-state index in [1.54, 1.807) is 0 Å². The number of unbranched alkanes of at least 4 members (excludes halogenated alkanes) is 5. The van der Waals surface area contributed by atoms with Gasteiger partial charge >= 0.3 is 0 Å². The molecular weight excluding hydrogens is 262 g/mol. The lowest BCUT2D eigenvalue weighted by molar-refractivity contribution is -0.113. The molecule has 0 aromatic rings. The number of aliphatic hydroxyl groups excluding tert-OH is 5. The van der Waals surface area contributed by atoms with Gasteiger partial charge < -0.3 is 30.8 Å². The second-order valence-electron chi connectivity index (χ2n) is 5.27. The molecule has 0 aromatic carbocycles. The van der Waals surface area contributed by atoms with Gasteiger partial charge in [-0.15, -0.1) is 0 Å². The molecule has 0 aliphatic carbocycles. The molecule has 0 aliphatic heterocycles. The van der Waals surface area contributed by atoms with Gasteiger partial charge in [-0.3, -0.25) is 0 Å². The first-order valence-electron chi connectivity index (χ1n) is 7.58. The van der Waals surface area contributed by atoms with Crippen molar-refractivity contribution in [2.45, 2.75) is 69.9 Å². The number of hydrogen-bond acceptors (Lipinski definition) is 6. The fourth-order valence-electron chi connectivity index (χ4n) is 1.96. The highest BCUT2D eigenvalue weighted by molar-refractivity contribution is 4.81. The summed E-state index contributed by atoms with van der Waals surface area (Å²) in [6, 6.07) is 0. The summed E-state index contributed by atoms with van der Waals surface area (Å²) >= 11 is 0. The molecule has 0 fully saturated rings. The lowest BCUT2D eigenvalue weighted by Gasteiger charge is -2.25. The molecule has 6 heteroatoms. The maximum atomic E-state index is 9.64. The van der Waals surface area contributed by atoms with E-state index in [9.17, 15) is 15.3 Å². The molecule has 4 atom stereocenters.